The highest BCUT2D eigenvalue weighted by Gasteiger charge is 2.50. The minimum atomic E-state index is -0.797. The third-order valence-corrected chi connectivity index (χ3v) is 10.8. The van der Waals surface area contributed by atoms with E-state index in [2.05, 4.69) is 78.9 Å². The molecule has 2 heterocycles. The monoisotopic (exact) mass is 744 g/mol. The van der Waals surface area contributed by atoms with E-state index in [0.717, 1.165) is 53.3 Å². The summed E-state index contributed by atoms with van der Waals surface area (Å²) in [5, 5.41) is 2.34. The first-order chi connectivity index (χ1) is 27.2. The van der Waals surface area contributed by atoms with E-state index in [1.807, 2.05) is 54.6 Å². The van der Waals surface area contributed by atoms with Crippen LogP contribution in [0.15, 0.2) is 133 Å². The second kappa shape index (κ2) is 18.8. The highest BCUT2D eigenvalue weighted by Crippen LogP contribution is 2.38. The second-order valence-electron chi connectivity index (χ2n) is 14.9. The molecule has 0 aromatic heterocycles. The number of ether oxygens (including phenoxy) is 8. The second-order valence-corrected chi connectivity index (χ2v) is 14.9. The molecule has 3 fully saturated rings. The van der Waals surface area contributed by atoms with Crippen molar-refractivity contribution in [2.75, 3.05) is 19.8 Å². The Morgan fingerprint density at radius 3 is 1.78 bits per heavy atom. The molecule has 0 bridgehead atoms. The van der Waals surface area contributed by atoms with Crippen LogP contribution in [0.3, 0.4) is 0 Å². The molecule has 6 atom stereocenters. The maximum absolute atomic E-state index is 6.91. The smallest absolute Gasteiger partial charge is 0.187 e. The van der Waals surface area contributed by atoms with Crippen LogP contribution >= 0.6 is 0 Å². The molecule has 2 saturated heterocycles. The summed E-state index contributed by atoms with van der Waals surface area (Å²) in [5.41, 5.74) is 4.22. The normalized spacial score (nSPS) is 25.0. The molecule has 0 N–H and O–H groups in total. The molecule has 288 valence electrons. The van der Waals surface area contributed by atoms with Crippen molar-refractivity contribution in [2.45, 2.75) is 101 Å². The van der Waals surface area contributed by atoms with Crippen molar-refractivity contribution < 1.29 is 37.9 Å². The topological polar surface area (TPSA) is 73.8 Å². The molecule has 0 amide bonds. The number of benzene rings is 5. The van der Waals surface area contributed by atoms with Gasteiger partial charge >= 0.3 is 0 Å². The number of fused-ring (bicyclic) bond motifs is 1. The summed E-state index contributed by atoms with van der Waals surface area (Å²) in [4.78, 5) is 0. The van der Waals surface area contributed by atoms with Gasteiger partial charge in [0.1, 0.15) is 30.5 Å². The Labute approximate surface area is 324 Å². The van der Waals surface area contributed by atoms with Crippen LogP contribution in [0.2, 0.25) is 0 Å². The van der Waals surface area contributed by atoms with E-state index in [1.165, 1.54) is 11.8 Å². The molecule has 0 radical (unpaired) electrons. The van der Waals surface area contributed by atoms with Crippen LogP contribution < -0.4 is 0 Å². The molecule has 5 aromatic carbocycles. The van der Waals surface area contributed by atoms with Crippen molar-refractivity contribution in [3.8, 4) is 0 Å². The van der Waals surface area contributed by atoms with Gasteiger partial charge in [0.15, 0.2) is 12.1 Å². The quantitative estimate of drug-likeness (QED) is 0.0993. The first-order valence-corrected chi connectivity index (χ1v) is 19.8. The van der Waals surface area contributed by atoms with Crippen molar-refractivity contribution in [3.63, 3.8) is 0 Å². The van der Waals surface area contributed by atoms with Crippen molar-refractivity contribution >= 4 is 10.8 Å². The highest BCUT2D eigenvalue weighted by atomic mass is 16.8. The molecule has 1 aliphatic carbocycles. The maximum atomic E-state index is 6.91. The molecule has 55 heavy (non-hydrogen) atoms. The SMILES string of the molecule is c1ccc(COC[C@H]2O[C@H](OC[C@H]3COC4(CCCCC4)O3)[C@H](OCc3ccc4ccccc4c3)[C@@H](OCc3ccccc3)[C@@H]2OCc2ccccc2)cc1. The van der Waals surface area contributed by atoms with Gasteiger partial charge in [-0.1, -0.05) is 134 Å². The minimum absolute atomic E-state index is 0.216. The van der Waals surface area contributed by atoms with Crippen LogP contribution in [-0.2, 0) is 64.3 Å². The van der Waals surface area contributed by atoms with Gasteiger partial charge in [-0.25, -0.2) is 0 Å². The number of hydrogen-bond acceptors (Lipinski definition) is 8. The third-order valence-electron chi connectivity index (χ3n) is 10.8. The fourth-order valence-electron chi connectivity index (χ4n) is 7.89. The summed E-state index contributed by atoms with van der Waals surface area (Å²) in [6, 6.07) is 45.3. The van der Waals surface area contributed by atoms with Crippen molar-refractivity contribution in [1.29, 1.82) is 0 Å². The van der Waals surface area contributed by atoms with Crippen molar-refractivity contribution in [2.24, 2.45) is 0 Å². The fourth-order valence-corrected chi connectivity index (χ4v) is 7.89. The lowest BCUT2D eigenvalue weighted by molar-refractivity contribution is -0.331. The number of rotatable bonds is 16. The Bertz CT molecular complexity index is 1880. The molecule has 8 nitrogen and oxygen atoms in total. The van der Waals surface area contributed by atoms with E-state index in [0.29, 0.717) is 39.6 Å². The van der Waals surface area contributed by atoms with Crippen LogP contribution in [0.5, 0.6) is 0 Å². The van der Waals surface area contributed by atoms with Crippen molar-refractivity contribution in [3.05, 3.63) is 156 Å². The van der Waals surface area contributed by atoms with Crippen LogP contribution in [0.1, 0.15) is 54.4 Å². The Balaban J connectivity index is 1.08. The average molecular weight is 745 g/mol. The van der Waals surface area contributed by atoms with Gasteiger partial charge in [-0.05, 0) is 51.9 Å². The lowest BCUT2D eigenvalue weighted by Gasteiger charge is -2.46. The lowest BCUT2D eigenvalue weighted by Crippen LogP contribution is -2.62. The third kappa shape index (κ3) is 10.1. The van der Waals surface area contributed by atoms with Gasteiger partial charge in [0.25, 0.3) is 0 Å². The lowest BCUT2D eigenvalue weighted by atomic mass is 9.94. The van der Waals surface area contributed by atoms with E-state index in [9.17, 15) is 0 Å². The van der Waals surface area contributed by atoms with Gasteiger partial charge in [-0.2, -0.15) is 0 Å². The summed E-state index contributed by atoms with van der Waals surface area (Å²) in [6.07, 6.45) is 1.97. The van der Waals surface area contributed by atoms with Gasteiger partial charge in [0.2, 0.25) is 0 Å². The maximum Gasteiger partial charge on any atom is 0.187 e. The zero-order valence-corrected chi connectivity index (χ0v) is 31.4. The zero-order chi connectivity index (χ0) is 37.1. The Kier molecular flexibility index (Phi) is 13.0. The molecule has 8 heteroatoms. The van der Waals surface area contributed by atoms with E-state index in [-0.39, 0.29) is 12.7 Å². The largest absolute Gasteiger partial charge is 0.374 e. The summed E-state index contributed by atoms with van der Waals surface area (Å²) < 4.78 is 53.4. The van der Waals surface area contributed by atoms with Gasteiger partial charge in [-0.3, -0.25) is 0 Å². The first-order valence-electron chi connectivity index (χ1n) is 19.8. The van der Waals surface area contributed by atoms with Crippen LogP contribution in [0.4, 0.5) is 0 Å². The molecule has 3 aliphatic rings. The van der Waals surface area contributed by atoms with Crippen LogP contribution in [-0.4, -0.2) is 62.4 Å². The summed E-state index contributed by atoms with van der Waals surface area (Å²) >= 11 is 0. The van der Waals surface area contributed by atoms with Gasteiger partial charge in [0, 0.05) is 12.8 Å². The molecule has 1 saturated carbocycles. The molecular formula is C47H52O8. The van der Waals surface area contributed by atoms with E-state index in [1.54, 1.807) is 0 Å². The standard InChI is InChI=1S/C47H52O8/c1-5-15-35(16-6-1)28-48-34-42-43(49-29-36-17-7-2-8-18-36)44(50-30-37-19-9-3-10-20-37)45(51-31-38-23-24-39-21-11-12-22-40(39)27-38)46(54-42)52-32-41-33-53-47(55-41)25-13-4-14-26-47/h1-3,5-12,15-24,27,41-46H,4,13-14,25-26,28-34H2/t41-,42+,43+,44-,45+,46-/m0/s1. The number of hydrogen-bond donors (Lipinski definition) is 0. The highest BCUT2D eigenvalue weighted by molar-refractivity contribution is 5.82. The molecule has 8 rings (SSSR count). The first kappa shape index (κ1) is 37.9. The van der Waals surface area contributed by atoms with Crippen LogP contribution in [0.25, 0.3) is 10.8 Å². The average Bonchev–Trinajstić information content (AvgIpc) is 3.63. The van der Waals surface area contributed by atoms with Crippen LogP contribution in [0, 0.1) is 0 Å². The Morgan fingerprint density at radius 1 is 0.509 bits per heavy atom. The van der Waals surface area contributed by atoms with E-state index >= 15 is 0 Å². The molecule has 5 aromatic rings. The predicted molar refractivity (Wildman–Crippen MR) is 210 cm³/mol. The van der Waals surface area contributed by atoms with Gasteiger partial charge in [0.05, 0.1) is 46.2 Å². The Hall–Kier alpha value is -3.96. The summed E-state index contributed by atoms with van der Waals surface area (Å²) in [7, 11) is 0. The van der Waals surface area contributed by atoms with Gasteiger partial charge in [-0.15, -0.1) is 0 Å². The predicted octanol–water partition coefficient (Wildman–Crippen LogP) is 8.93. The molecule has 2 aliphatic heterocycles. The molecule has 0 unspecified atom stereocenters. The van der Waals surface area contributed by atoms with Gasteiger partial charge < -0.3 is 37.9 Å². The van der Waals surface area contributed by atoms with Crippen molar-refractivity contribution in [1.82, 2.24) is 0 Å². The summed E-state index contributed by atoms with van der Waals surface area (Å²) in [5.74, 6) is -0.503. The minimum Gasteiger partial charge on any atom is -0.374 e. The zero-order valence-electron chi connectivity index (χ0n) is 31.4. The summed E-state index contributed by atoms with van der Waals surface area (Å²) in [6.45, 7) is 2.53. The van der Waals surface area contributed by atoms with E-state index < -0.39 is 36.5 Å². The molecule has 1 spiro atoms. The fraction of sp³-hybridized carbons (Fsp3) is 0.404. The van der Waals surface area contributed by atoms with E-state index in [4.69, 9.17) is 37.9 Å². The Morgan fingerprint density at radius 2 is 1.09 bits per heavy atom. The molecular weight excluding hydrogens is 693 g/mol.